The maximum absolute atomic E-state index is 12.0. The lowest BCUT2D eigenvalue weighted by Gasteiger charge is -2.01. The average molecular weight is 265 g/mol. The van der Waals surface area contributed by atoms with Gasteiger partial charge in [0.1, 0.15) is 5.69 Å². The minimum atomic E-state index is -0.456. The number of hydrogen-bond acceptors (Lipinski definition) is 1. The number of rotatable bonds is 1. The Bertz CT molecular complexity index is 668. The molecule has 0 fully saturated rings. The van der Waals surface area contributed by atoms with E-state index in [1.807, 2.05) is 19.1 Å². The molecule has 18 heavy (non-hydrogen) atoms. The van der Waals surface area contributed by atoms with Gasteiger partial charge in [0.25, 0.3) is 5.91 Å². The van der Waals surface area contributed by atoms with Crippen LogP contribution in [0.4, 0.5) is 0 Å². The fraction of sp³-hybridized carbons (Fsp3) is 0.167. The highest BCUT2D eigenvalue weighted by Crippen LogP contribution is 2.27. The Morgan fingerprint density at radius 1 is 1.39 bits per heavy atom. The molecule has 1 aromatic heterocycles. The Kier molecular flexibility index (Phi) is 3.00. The predicted molar refractivity (Wildman–Crippen MR) is 72.8 cm³/mol. The average Bonchev–Trinajstić information content (AvgIpc) is 2.50. The van der Waals surface area contributed by atoms with Crippen LogP contribution in [-0.4, -0.2) is 16.4 Å². The molecule has 1 heterocycles. The second-order valence-electron chi connectivity index (χ2n) is 4.04. The maximum atomic E-state index is 12.0. The van der Waals surface area contributed by atoms with E-state index in [2.05, 4.69) is 4.99 Å². The molecule has 0 unspecified atom stereocenters. The minimum Gasteiger partial charge on any atom is -0.370 e. The third-order valence-electron chi connectivity index (χ3n) is 2.85. The molecule has 0 aliphatic rings. The second kappa shape index (κ2) is 4.34. The van der Waals surface area contributed by atoms with Crippen LogP contribution in [0.2, 0.25) is 5.02 Å². The third-order valence-corrected chi connectivity index (χ3v) is 3.08. The van der Waals surface area contributed by atoms with Crippen molar-refractivity contribution in [1.29, 1.82) is 0 Å². The fourth-order valence-corrected chi connectivity index (χ4v) is 2.25. The van der Waals surface area contributed by atoms with E-state index in [1.54, 1.807) is 17.7 Å². The Balaban J connectivity index is 2.73. The molecular formula is C12H13ClN4O. The first-order chi connectivity index (χ1) is 8.41. The van der Waals surface area contributed by atoms with Crippen molar-refractivity contribution in [3.63, 3.8) is 0 Å². The lowest BCUT2D eigenvalue weighted by molar-refractivity contribution is 0.0995. The number of halogens is 1. The van der Waals surface area contributed by atoms with Crippen LogP contribution in [0.5, 0.6) is 0 Å². The van der Waals surface area contributed by atoms with E-state index >= 15 is 0 Å². The fourth-order valence-electron chi connectivity index (χ4n) is 2.07. The first-order valence-electron chi connectivity index (χ1n) is 5.30. The normalized spacial score (nSPS) is 10.6. The van der Waals surface area contributed by atoms with Crippen LogP contribution in [0.25, 0.3) is 10.9 Å². The quantitative estimate of drug-likeness (QED) is 0.605. The number of aryl methyl sites for hydroxylation is 2. The molecule has 5 nitrogen and oxygen atoms in total. The number of amides is 1. The zero-order chi connectivity index (χ0) is 13.4. The molecule has 2 rings (SSSR count). The minimum absolute atomic E-state index is 0.248. The SMILES string of the molecule is Cc1c(C(=O)N=C(N)N)n(C)c2ccc(Cl)cc12. The summed E-state index contributed by atoms with van der Waals surface area (Å²) in [6.45, 7) is 1.84. The van der Waals surface area contributed by atoms with Gasteiger partial charge in [-0.25, -0.2) is 0 Å². The molecule has 0 bridgehead atoms. The van der Waals surface area contributed by atoms with Gasteiger partial charge in [-0.2, -0.15) is 4.99 Å². The van der Waals surface area contributed by atoms with Crippen molar-refractivity contribution in [2.24, 2.45) is 23.5 Å². The molecule has 0 spiro atoms. The Morgan fingerprint density at radius 2 is 2.06 bits per heavy atom. The summed E-state index contributed by atoms with van der Waals surface area (Å²) in [6.07, 6.45) is 0. The molecule has 0 radical (unpaired) electrons. The largest absolute Gasteiger partial charge is 0.370 e. The summed E-state index contributed by atoms with van der Waals surface area (Å²) < 4.78 is 1.76. The van der Waals surface area contributed by atoms with Crippen molar-refractivity contribution >= 4 is 34.4 Å². The van der Waals surface area contributed by atoms with E-state index < -0.39 is 5.91 Å². The number of benzene rings is 1. The number of hydrogen-bond donors (Lipinski definition) is 2. The Morgan fingerprint density at radius 3 is 2.67 bits per heavy atom. The zero-order valence-corrected chi connectivity index (χ0v) is 10.8. The number of guanidine groups is 1. The summed E-state index contributed by atoms with van der Waals surface area (Å²) in [4.78, 5) is 15.5. The van der Waals surface area contributed by atoms with E-state index in [-0.39, 0.29) is 5.96 Å². The number of aromatic nitrogens is 1. The maximum Gasteiger partial charge on any atom is 0.297 e. The molecule has 0 atom stereocenters. The molecule has 6 heteroatoms. The van der Waals surface area contributed by atoms with Gasteiger partial charge in [-0.05, 0) is 30.7 Å². The van der Waals surface area contributed by atoms with Gasteiger partial charge in [0.15, 0.2) is 5.96 Å². The highest BCUT2D eigenvalue weighted by Gasteiger charge is 2.18. The monoisotopic (exact) mass is 264 g/mol. The number of carbonyl (C=O) groups excluding carboxylic acids is 1. The van der Waals surface area contributed by atoms with Gasteiger partial charge in [0.2, 0.25) is 0 Å². The van der Waals surface area contributed by atoms with Crippen molar-refractivity contribution in [3.05, 3.63) is 34.5 Å². The van der Waals surface area contributed by atoms with Crippen LogP contribution in [0.3, 0.4) is 0 Å². The van der Waals surface area contributed by atoms with E-state index in [4.69, 9.17) is 23.1 Å². The van der Waals surface area contributed by atoms with Gasteiger partial charge < -0.3 is 16.0 Å². The van der Waals surface area contributed by atoms with Crippen LogP contribution in [0, 0.1) is 6.92 Å². The summed E-state index contributed by atoms with van der Waals surface area (Å²) in [5.74, 6) is -0.704. The summed E-state index contributed by atoms with van der Waals surface area (Å²) in [5.41, 5.74) is 12.6. The number of carbonyl (C=O) groups is 1. The highest BCUT2D eigenvalue weighted by molar-refractivity contribution is 6.31. The summed E-state index contributed by atoms with van der Waals surface area (Å²) >= 11 is 5.95. The van der Waals surface area contributed by atoms with Crippen molar-refractivity contribution in [2.45, 2.75) is 6.92 Å². The van der Waals surface area contributed by atoms with E-state index in [0.29, 0.717) is 10.7 Å². The first-order valence-corrected chi connectivity index (χ1v) is 5.68. The van der Waals surface area contributed by atoms with Crippen LogP contribution >= 0.6 is 11.6 Å². The van der Waals surface area contributed by atoms with Gasteiger partial charge in [-0.1, -0.05) is 11.6 Å². The lowest BCUT2D eigenvalue weighted by atomic mass is 10.1. The molecule has 0 aliphatic heterocycles. The smallest absolute Gasteiger partial charge is 0.297 e. The van der Waals surface area contributed by atoms with Gasteiger partial charge in [-0.3, -0.25) is 4.79 Å². The van der Waals surface area contributed by atoms with Crippen LogP contribution in [-0.2, 0) is 7.05 Å². The molecule has 4 N–H and O–H groups in total. The summed E-state index contributed by atoms with van der Waals surface area (Å²) in [5, 5.41) is 1.54. The standard InChI is InChI=1S/C12H13ClN4O/c1-6-8-5-7(13)3-4-9(8)17(2)10(6)11(18)16-12(14)15/h3-5H,1-2H3,(H4,14,15,16,18). The van der Waals surface area contributed by atoms with E-state index in [0.717, 1.165) is 16.5 Å². The van der Waals surface area contributed by atoms with Gasteiger partial charge in [0, 0.05) is 23.0 Å². The van der Waals surface area contributed by atoms with Crippen molar-refractivity contribution in [1.82, 2.24) is 4.57 Å². The molecule has 1 amide bonds. The first kappa shape index (κ1) is 12.4. The highest BCUT2D eigenvalue weighted by atomic mass is 35.5. The number of fused-ring (bicyclic) bond motifs is 1. The predicted octanol–water partition coefficient (Wildman–Crippen LogP) is 1.55. The molecular weight excluding hydrogens is 252 g/mol. The summed E-state index contributed by atoms with van der Waals surface area (Å²) in [7, 11) is 1.79. The van der Waals surface area contributed by atoms with Crippen molar-refractivity contribution in [3.8, 4) is 0 Å². The molecule has 0 aliphatic carbocycles. The zero-order valence-electron chi connectivity index (χ0n) is 10.1. The molecule has 94 valence electrons. The van der Waals surface area contributed by atoms with Crippen LogP contribution in [0.1, 0.15) is 16.1 Å². The number of aliphatic imine (C=N–C) groups is 1. The molecule has 2 aromatic rings. The van der Waals surface area contributed by atoms with E-state index in [1.165, 1.54) is 0 Å². The van der Waals surface area contributed by atoms with Gasteiger partial charge in [0.05, 0.1) is 0 Å². The Hall–Kier alpha value is -2.01. The molecule has 1 aromatic carbocycles. The summed E-state index contributed by atoms with van der Waals surface area (Å²) in [6, 6.07) is 5.45. The van der Waals surface area contributed by atoms with E-state index in [9.17, 15) is 4.79 Å². The van der Waals surface area contributed by atoms with Crippen LogP contribution in [0.15, 0.2) is 23.2 Å². The van der Waals surface area contributed by atoms with Crippen molar-refractivity contribution in [2.75, 3.05) is 0 Å². The van der Waals surface area contributed by atoms with Crippen molar-refractivity contribution < 1.29 is 4.79 Å². The second-order valence-corrected chi connectivity index (χ2v) is 4.47. The van der Waals surface area contributed by atoms with Gasteiger partial charge in [-0.15, -0.1) is 0 Å². The molecule has 0 saturated carbocycles. The number of nitrogens with zero attached hydrogens (tertiary/aromatic N) is 2. The third kappa shape index (κ3) is 1.93. The number of nitrogens with two attached hydrogens (primary N) is 2. The lowest BCUT2D eigenvalue weighted by Crippen LogP contribution is -2.24. The Labute approximate surface area is 109 Å². The molecule has 0 saturated heterocycles. The van der Waals surface area contributed by atoms with Gasteiger partial charge >= 0.3 is 0 Å². The topological polar surface area (TPSA) is 86.4 Å². The van der Waals surface area contributed by atoms with Crippen LogP contribution < -0.4 is 11.5 Å².